The highest BCUT2D eigenvalue weighted by Gasteiger charge is 2.19. The molecule has 0 saturated carbocycles. The van der Waals surface area contributed by atoms with E-state index in [1.165, 1.54) is 35.3 Å². The second kappa shape index (κ2) is 9.00. The number of piperidine rings is 1. The Morgan fingerprint density at radius 2 is 1.50 bits per heavy atom. The molecule has 4 aromatic rings. The zero-order valence-electron chi connectivity index (χ0n) is 18.8. The Hall–Kier alpha value is -2.76. The molecule has 5 rings (SSSR count). The van der Waals surface area contributed by atoms with Gasteiger partial charge in [-0.2, -0.15) is 0 Å². The third-order valence-electron chi connectivity index (χ3n) is 6.61. The Morgan fingerprint density at radius 1 is 0.844 bits per heavy atom. The van der Waals surface area contributed by atoms with Crippen LogP contribution in [-0.4, -0.2) is 34.1 Å². The summed E-state index contributed by atoms with van der Waals surface area (Å²) in [5.74, 6) is 0.778. The van der Waals surface area contributed by atoms with Crippen molar-refractivity contribution in [2.75, 3.05) is 19.6 Å². The van der Waals surface area contributed by atoms with Gasteiger partial charge in [-0.25, -0.2) is 4.98 Å². The summed E-state index contributed by atoms with van der Waals surface area (Å²) in [6.07, 6.45) is 3.82. The van der Waals surface area contributed by atoms with E-state index in [-0.39, 0.29) is 5.56 Å². The van der Waals surface area contributed by atoms with Gasteiger partial charge >= 0.3 is 0 Å². The summed E-state index contributed by atoms with van der Waals surface area (Å²) in [4.78, 5) is 22.3. The maximum absolute atomic E-state index is 13.6. The van der Waals surface area contributed by atoms with Crippen LogP contribution in [-0.2, 0) is 6.54 Å². The molecular weight excluding hydrogens is 414 g/mol. The summed E-state index contributed by atoms with van der Waals surface area (Å²) < 4.78 is 2.69. The van der Waals surface area contributed by atoms with Gasteiger partial charge in [-0.15, -0.1) is 11.3 Å². The van der Waals surface area contributed by atoms with Gasteiger partial charge in [0.15, 0.2) is 0 Å². The van der Waals surface area contributed by atoms with Crippen molar-refractivity contribution >= 4 is 21.6 Å². The van der Waals surface area contributed by atoms with Gasteiger partial charge in [0.05, 0.1) is 5.52 Å². The van der Waals surface area contributed by atoms with Gasteiger partial charge in [0.1, 0.15) is 10.5 Å². The number of aryl methyl sites for hydroxylation is 2. The number of aromatic nitrogens is 2. The number of hydrogen-bond donors (Lipinski definition) is 0. The topological polar surface area (TPSA) is 38.1 Å². The van der Waals surface area contributed by atoms with Gasteiger partial charge in [-0.3, -0.25) is 9.36 Å². The van der Waals surface area contributed by atoms with Crippen LogP contribution in [0.2, 0.25) is 0 Å². The van der Waals surface area contributed by atoms with E-state index < -0.39 is 0 Å². The summed E-state index contributed by atoms with van der Waals surface area (Å²) >= 11 is 1.58. The molecule has 1 aliphatic rings. The van der Waals surface area contributed by atoms with Crippen LogP contribution in [0.25, 0.3) is 32.7 Å². The van der Waals surface area contributed by atoms with Crippen molar-refractivity contribution in [2.45, 2.75) is 39.7 Å². The van der Waals surface area contributed by atoms with Gasteiger partial charge in [0.2, 0.25) is 0 Å². The monoisotopic (exact) mass is 443 g/mol. The third kappa shape index (κ3) is 4.03. The molecule has 0 bridgehead atoms. The highest BCUT2D eigenvalue weighted by Crippen LogP contribution is 2.29. The molecular formula is C27H29N3OS. The fourth-order valence-corrected chi connectivity index (χ4v) is 5.62. The second-order valence-electron chi connectivity index (χ2n) is 8.70. The van der Waals surface area contributed by atoms with Crippen molar-refractivity contribution in [3.63, 3.8) is 0 Å². The van der Waals surface area contributed by atoms with Gasteiger partial charge in [0, 0.05) is 23.5 Å². The van der Waals surface area contributed by atoms with Crippen molar-refractivity contribution in [2.24, 2.45) is 0 Å². The van der Waals surface area contributed by atoms with E-state index in [0.29, 0.717) is 6.54 Å². The Balaban J connectivity index is 1.56. The lowest BCUT2D eigenvalue weighted by Crippen LogP contribution is -2.35. The average molecular weight is 444 g/mol. The minimum absolute atomic E-state index is 0.0929. The molecule has 1 aliphatic heterocycles. The first-order valence-electron chi connectivity index (χ1n) is 11.5. The smallest absolute Gasteiger partial charge is 0.271 e. The van der Waals surface area contributed by atoms with Crippen molar-refractivity contribution in [1.29, 1.82) is 0 Å². The van der Waals surface area contributed by atoms with Gasteiger partial charge < -0.3 is 4.90 Å². The summed E-state index contributed by atoms with van der Waals surface area (Å²) in [6, 6.07) is 18.8. The molecule has 32 heavy (non-hydrogen) atoms. The maximum atomic E-state index is 13.6. The highest BCUT2D eigenvalue weighted by molar-refractivity contribution is 7.19. The molecule has 0 spiro atoms. The summed E-state index contributed by atoms with van der Waals surface area (Å²) in [5, 5.41) is 0. The highest BCUT2D eigenvalue weighted by atomic mass is 32.1. The quantitative estimate of drug-likeness (QED) is 0.386. The molecule has 0 unspecified atom stereocenters. The Labute approximate surface area is 193 Å². The fourth-order valence-electron chi connectivity index (χ4n) is 4.57. The lowest BCUT2D eigenvalue weighted by atomic mass is 10.0. The molecule has 2 aromatic carbocycles. The van der Waals surface area contributed by atoms with E-state index in [1.807, 2.05) is 10.6 Å². The molecule has 0 amide bonds. The molecule has 0 aliphatic carbocycles. The first-order valence-corrected chi connectivity index (χ1v) is 12.3. The molecule has 2 aromatic heterocycles. The number of hydrogen-bond acceptors (Lipinski definition) is 4. The number of thiophene rings is 1. The van der Waals surface area contributed by atoms with Gasteiger partial charge in [-0.05, 0) is 56.5 Å². The van der Waals surface area contributed by atoms with Crippen LogP contribution in [0.4, 0.5) is 0 Å². The van der Waals surface area contributed by atoms with Crippen molar-refractivity contribution in [3.05, 3.63) is 75.4 Å². The molecule has 5 heteroatoms. The second-order valence-corrected chi connectivity index (χ2v) is 9.92. The lowest BCUT2D eigenvalue weighted by molar-refractivity contribution is 0.220. The standard InChI is InChI=1S/C27H29N3OS/c1-19-20(2)32-25-24(19)28-26(30(27(25)31)18-17-29-15-7-4-8-16-29)23-13-11-22(12-14-23)21-9-5-3-6-10-21/h3,5-6,9-14H,4,7-8,15-18H2,1-2H3. The Kier molecular flexibility index (Phi) is 5.94. The Morgan fingerprint density at radius 3 is 2.22 bits per heavy atom. The van der Waals surface area contributed by atoms with Crippen LogP contribution in [0, 0.1) is 13.8 Å². The zero-order chi connectivity index (χ0) is 22.1. The van der Waals surface area contributed by atoms with Crippen molar-refractivity contribution < 1.29 is 0 Å². The van der Waals surface area contributed by atoms with Crippen LogP contribution in [0.5, 0.6) is 0 Å². The summed E-state index contributed by atoms with van der Waals surface area (Å²) in [6.45, 7) is 7.97. The van der Waals surface area contributed by atoms with E-state index in [1.54, 1.807) is 11.3 Å². The first kappa shape index (κ1) is 21.1. The van der Waals surface area contributed by atoms with Crippen LogP contribution >= 0.6 is 11.3 Å². The van der Waals surface area contributed by atoms with E-state index in [9.17, 15) is 4.79 Å². The lowest BCUT2D eigenvalue weighted by Gasteiger charge is -2.27. The minimum atomic E-state index is 0.0929. The minimum Gasteiger partial charge on any atom is -0.302 e. The molecule has 1 saturated heterocycles. The third-order valence-corrected chi connectivity index (χ3v) is 7.79. The predicted octanol–water partition coefficient (Wildman–Crippen LogP) is 5.89. The van der Waals surface area contributed by atoms with Crippen molar-refractivity contribution in [1.82, 2.24) is 14.5 Å². The van der Waals surface area contributed by atoms with Crippen LogP contribution in [0.3, 0.4) is 0 Å². The molecule has 0 N–H and O–H groups in total. The average Bonchev–Trinajstić information content (AvgIpc) is 3.13. The molecule has 3 heterocycles. The van der Waals surface area contributed by atoms with Gasteiger partial charge in [0.25, 0.3) is 5.56 Å². The molecule has 0 atom stereocenters. The number of likely N-dealkylation sites (tertiary alicyclic amines) is 1. The normalized spacial score (nSPS) is 14.8. The number of nitrogens with zero attached hydrogens (tertiary/aromatic N) is 3. The molecule has 1 fully saturated rings. The number of rotatable bonds is 5. The predicted molar refractivity (Wildman–Crippen MR) is 135 cm³/mol. The van der Waals surface area contributed by atoms with Crippen LogP contribution in [0.1, 0.15) is 29.7 Å². The molecule has 0 radical (unpaired) electrons. The number of benzene rings is 2. The summed E-state index contributed by atoms with van der Waals surface area (Å²) in [5.41, 5.74) is 5.41. The first-order chi connectivity index (χ1) is 15.6. The maximum Gasteiger partial charge on any atom is 0.271 e. The van der Waals surface area contributed by atoms with E-state index in [0.717, 1.165) is 46.8 Å². The largest absolute Gasteiger partial charge is 0.302 e. The van der Waals surface area contributed by atoms with Crippen LogP contribution in [0.15, 0.2) is 59.4 Å². The van der Waals surface area contributed by atoms with E-state index in [2.05, 4.69) is 67.3 Å². The van der Waals surface area contributed by atoms with Crippen molar-refractivity contribution in [3.8, 4) is 22.5 Å². The molecule has 164 valence electrons. The Bertz CT molecular complexity index is 1280. The number of fused-ring (bicyclic) bond motifs is 1. The zero-order valence-corrected chi connectivity index (χ0v) is 19.6. The summed E-state index contributed by atoms with van der Waals surface area (Å²) in [7, 11) is 0. The SMILES string of the molecule is Cc1sc2c(=O)n(CCN3CCCCC3)c(-c3ccc(-c4ccccc4)cc3)nc2c1C. The fraction of sp³-hybridized carbons (Fsp3) is 0.333. The van der Waals surface area contributed by atoms with E-state index >= 15 is 0 Å². The molecule has 4 nitrogen and oxygen atoms in total. The van der Waals surface area contributed by atoms with Gasteiger partial charge in [-0.1, -0.05) is 61.0 Å². The van der Waals surface area contributed by atoms with E-state index in [4.69, 9.17) is 4.98 Å². The van der Waals surface area contributed by atoms with Crippen LogP contribution < -0.4 is 5.56 Å².